The first-order valence-electron chi connectivity index (χ1n) is 5.95. The van der Waals surface area contributed by atoms with Gasteiger partial charge >= 0.3 is 0 Å². The molecule has 6 heteroatoms. The number of methoxy groups -OCH3 is 1. The van der Waals surface area contributed by atoms with Crippen LogP contribution in [0.4, 0.5) is 8.78 Å². The number of aliphatic hydroxyl groups excluding tert-OH is 1. The van der Waals surface area contributed by atoms with Gasteiger partial charge in [-0.05, 0) is 31.9 Å². The number of carbonyl (C=O) groups is 1. The molecule has 1 rings (SSSR count). The first-order chi connectivity index (χ1) is 9.01. The van der Waals surface area contributed by atoms with Crippen LogP contribution in [-0.4, -0.2) is 30.8 Å². The second-order valence-electron chi connectivity index (χ2n) is 4.18. The molecule has 19 heavy (non-hydrogen) atoms. The van der Waals surface area contributed by atoms with Crippen LogP contribution in [0.2, 0.25) is 0 Å². The molecule has 106 valence electrons. The van der Waals surface area contributed by atoms with Crippen LogP contribution in [0, 0.1) is 11.6 Å². The van der Waals surface area contributed by atoms with E-state index in [1.54, 1.807) is 6.92 Å². The quantitative estimate of drug-likeness (QED) is 0.831. The van der Waals surface area contributed by atoms with Gasteiger partial charge in [-0.1, -0.05) is 0 Å². The number of ether oxygens (including phenoxy) is 1. The number of halogens is 2. The van der Waals surface area contributed by atoms with E-state index in [0.717, 1.165) is 12.1 Å². The summed E-state index contributed by atoms with van der Waals surface area (Å²) in [7, 11) is 1.24. The monoisotopic (exact) mass is 273 g/mol. The van der Waals surface area contributed by atoms with Crippen molar-refractivity contribution in [1.29, 1.82) is 0 Å². The van der Waals surface area contributed by atoms with Crippen LogP contribution in [0.25, 0.3) is 0 Å². The molecule has 0 saturated heterocycles. The molecule has 0 spiro atoms. The first-order valence-corrected chi connectivity index (χ1v) is 5.95. The van der Waals surface area contributed by atoms with Gasteiger partial charge in [-0.15, -0.1) is 0 Å². The Labute approximate surface area is 110 Å². The van der Waals surface area contributed by atoms with Crippen LogP contribution in [-0.2, 0) is 0 Å². The minimum Gasteiger partial charge on any atom is -0.494 e. The second kappa shape index (κ2) is 7.04. The van der Waals surface area contributed by atoms with Crippen LogP contribution in [0.3, 0.4) is 0 Å². The van der Waals surface area contributed by atoms with Crippen molar-refractivity contribution in [3.05, 3.63) is 29.3 Å². The summed E-state index contributed by atoms with van der Waals surface area (Å²) in [6, 6.07) is 1.82. The summed E-state index contributed by atoms with van der Waals surface area (Å²) in [5.41, 5.74) is -0.657. The van der Waals surface area contributed by atoms with E-state index in [2.05, 4.69) is 5.32 Å². The van der Waals surface area contributed by atoms with Crippen molar-refractivity contribution in [3.63, 3.8) is 0 Å². The standard InChI is InChI=1S/C13H17F2NO3/c1-8(4-3-7-17)16-13(18)11-9(14)5-6-10(19-2)12(11)15/h5-6,8,17H,3-4,7H2,1-2H3,(H,16,18). The summed E-state index contributed by atoms with van der Waals surface area (Å²) < 4.78 is 32.0. The van der Waals surface area contributed by atoms with E-state index in [-0.39, 0.29) is 18.4 Å². The lowest BCUT2D eigenvalue weighted by atomic mass is 10.1. The van der Waals surface area contributed by atoms with Crippen molar-refractivity contribution in [3.8, 4) is 5.75 Å². The Hall–Kier alpha value is -1.69. The van der Waals surface area contributed by atoms with E-state index in [1.807, 2.05) is 0 Å². The van der Waals surface area contributed by atoms with Crippen molar-refractivity contribution in [2.24, 2.45) is 0 Å². The Morgan fingerprint density at radius 1 is 1.47 bits per heavy atom. The summed E-state index contributed by atoms with van der Waals surface area (Å²) in [5.74, 6) is -2.98. The number of nitrogens with one attached hydrogen (secondary N) is 1. The van der Waals surface area contributed by atoms with Crippen LogP contribution < -0.4 is 10.1 Å². The van der Waals surface area contributed by atoms with Gasteiger partial charge in [0.25, 0.3) is 5.91 Å². The molecule has 4 nitrogen and oxygen atoms in total. The third-order valence-corrected chi connectivity index (χ3v) is 2.68. The maximum atomic E-state index is 13.8. The van der Waals surface area contributed by atoms with Gasteiger partial charge in [-0.3, -0.25) is 4.79 Å². The third kappa shape index (κ3) is 3.89. The van der Waals surface area contributed by atoms with Gasteiger partial charge in [-0.2, -0.15) is 0 Å². The Kier molecular flexibility index (Phi) is 5.69. The number of hydrogen-bond donors (Lipinski definition) is 2. The highest BCUT2D eigenvalue weighted by molar-refractivity contribution is 5.95. The summed E-state index contributed by atoms with van der Waals surface area (Å²) >= 11 is 0. The minimum atomic E-state index is -1.02. The van der Waals surface area contributed by atoms with Crippen LogP contribution in [0.5, 0.6) is 5.75 Å². The number of rotatable bonds is 6. The van der Waals surface area contributed by atoms with Crippen LogP contribution >= 0.6 is 0 Å². The van der Waals surface area contributed by atoms with Crippen LogP contribution in [0.1, 0.15) is 30.1 Å². The molecule has 1 aromatic carbocycles. The molecule has 0 fully saturated rings. The van der Waals surface area contributed by atoms with Crippen molar-refractivity contribution >= 4 is 5.91 Å². The molecule has 0 bridgehead atoms. The molecule has 1 unspecified atom stereocenters. The van der Waals surface area contributed by atoms with Crippen molar-refractivity contribution in [2.75, 3.05) is 13.7 Å². The Morgan fingerprint density at radius 2 is 2.16 bits per heavy atom. The fourth-order valence-corrected chi connectivity index (χ4v) is 1.66. The molecule has 0 saturated carbocycles. The molecule has 2 N–H and O–H groups in total. The molecule has 0 aliphatic heterocycles. The van der Waals surface area contributed by atoms with Crippen molar-refractivity contribution in [1.82, 2.24) is 5.32 Å². The fourth-order valence-electron chi connectivity index (χ4n) is 1.66. The summed E-state index contributed by atoms with van der Waals surface area (Å²) in [6.45, 7) is 1.70. The molecule has 0 aliphatic carbocycles. The van der Waals surface area contributed by atoms with E-state index in [1.165, 1.54) is 7.11 Å². The number of hydrogen-bond acceptors (Lipinski definition) is 3. The molecule has 0 radical (unpaired) electrons. The highest BCUT2D eigenvalue weighted by atomic mass is 19.1. The smallest absolute Gasteiger partial charge is 0.257 e. The lowest BCUT2D eigenvalue weighted by molar-refractivity contribution is 0.0927. The zero-order valence-corrected chi connectivity index (χ0v) is 10.9. The maximum absolute atomic E-state index is 13.8. The van der Waals surface area contributed by atoms with E-state index in [4.69, 9.17) is 9.84 Å². The summed E-state index contributed by atoms with van der Waals surface area (Å²) in [4.78, 5) is 11.8. The summed E-state index contributed by atoms with van der Waals surface area (Å²) in [5, 5.41) is 11.2. The highest BCUT2D eigenvalue weighted by Crippen LogP contribution is 2.23. The van der Waals surface area contributed by atoms with E-state index < -0.39 is 23.1 Å². The minimum absolute atomic E-state index is 0.00208. The largest absolute Gasteiger partial charge is 0.494 e. The molecular weight excluding hydrogens is 256 g/mol. The van der Waals surface area contributed by atoms with Gasteiger partial charge in [0.2, 0.25) is 0 Å². The Bertz CT molecular complexity index is 452. The lowest BCUT2D eigenvalue weighted by Gasteiger charge is -2.14. The number of carbonyl (C=O) groups excluding carboxylic acids is 1. The van der Waals surface area contributed by atoms with Gasteiger partial charge < -0.3 is 15.2 Å². The number of benzene rings is 1. The molecule has 1 atom stereocenters. The van der Waals surface area contributed by atoms with E-state index in [9.17, 15) is 13.6 Å². The normalized spacial score (nSPS) is 12.1. The van der Waals surface area contributed by atoms with Crippen molar-refractivity contribution < 1.29 is 23.4 Å². The number of amides is 1. The average molecular weight is 273 g/mol. The first kappa shape index (κ1) is 15.4. The van der Waals surface area contributed by atoms with Gasteiger partial charge in [0.1, 0.15) is 11.4 Å². The molecule has 1 aromatic rings. The maximum Gasteiger partial charge on any atom is 0.257 e. The lowest BCUT2D eigenvalue weighted by Crippen LogP contribution is -2.34. The van der Waals surface area contributed by atoms with E-state index in [0.29, 0.717) is 12.8 Å². The van der Waals surface area contributed by atoms with Crippen molar-refractivity contribution in [2.45, 2.75) is 25.8 Å². The second-order valence-corrected chi connectivity index (χ2v) is 4.18. The SMILES string of the molecule is COc1ccc(F)c(C(=O)NC(C)CCCO)c1F. The summed E-state index contributed by atoms with van der Waals surface area (Å²) in [6.07, 6.45) is 1.03. The van der Waals surface area contributed by atoms with Gasteiger partial charge in [0.15, 0.2) is 11.6 Å². The number of aliphatic hydroxyl groups is 1. The Morgan fingerprint density at radius 3 is 2.74 bits per heavy atom. The highest BCUT2D eigenvalue weighted by Gasteiger charge is 2.22. The van der Waals surface area contributed by atoms with Gasteiger partial charge in [0, 0.05) is 12.6 Å². The van der Waals surface area contributed by atoms with E-state index >= 15 is 0 Å². The zero-order chi connectivity index (χ0) is 14.4. The fraction of sp³-hybridized carbons (Fsp3) is 0.462. The van der Waals surface area contributed by atoms with Gasteiger partial charge in [0.05, 0.1) is 7.11 Å². The predicted octanol–water partition coefficient (Wildman–Crippen LogP) is 1.86. The predicted molar refractivity (Wildman–Crippen MR) is 66.2 cm³/mol. The Balaban J connectivity index is 2.87. The zero-order valence-electron chi connectivity index (χ0n) is 10.9. The van der Waals surface area contributed by atoms with Crippen LogP contribution in [0.15, 0.2) is 12.1 Å². The molecular formula is C13H17F2NO3. The molecule has 0 heterocycles. The third-order valence-electron chi connectivity index (χ3n) is 2.68. The van der Waals surface area contributed by atoms with Gasteiger partial charge in [-0.25, -0.2) is 8.78 Å². The topological polar surface area (TPSA) is 58.6 Å². The molecule has 0 aliphatic rings. The molecule has 0 aromatic heterocycles. The molecule has 1 amide bonds. The average Bonchev–Trinajstić information content (AvgIpc) is 2.36.